The molecule has 2 aromatic rings. The number of benzene rings is 1. The maximum absolute atomic E-state index is 12.1. The molecular formula is C16H21N3OS. The molecule has 0 radical (unpaired) electrons. The molecule has 0 atom stereocenters. The van der Waals surface area contributed by atoms with Gasteiger partial charge in [-0.2, -0.15) is 0 Å². The summed E-state index contributed by atoms with van der Waals surface area (Å²) in [6, 6.07) is 8.03. The Hall–Kier alpha value is -1.88. The van der Waals surface area contributed by atoms with Gasteiger partial charge in [-0.25, -0.2) is 0 Å². The number of fused-ring (bicyclic) bond motifs is 1. The van der Waals surface area contributed by atoms with E-state index in [1.807, 2.05) is 31.2 Å². The van der Waals surface area contributed by atoms with Gasteiger partial charge in [0.1, 0.15) is 0 Å². The van der Waals surface area contributed by atoms with Gasteiger partial charge in [0.05, 0.1) is 0 Å². The number of rotatable bonds is 5. The van der Waals surface area contributed by atoms with E-state index >= 15 is 0 Å². The monoisotopic (exact) mass is 303 g/mol. The summed E-state index contributed by atoms with van der Waals surface area (Å²) in [5.41, 5.74) is 2.77. The molecule has 0 aliphatic heterocycles. The van der Waals surface area contributed by atoms with Gasteiger partial charge < -0.3 is 15.6 Å². The molecule has 0 spiro atoms. The molecule has 1 heterocycles. The van der Waals surface area contributed by atoms with E-state index in [1.54, 1.807) is 0 Å². The van der Waals surface area contributed by atoms with Gasteiger partial charge in [-0.1, -0.05) is 19.1 Å². The second-order valence-electron chi connectivity index (χ2n) is 5.15. The molecule has 1 aromatic carbocycles. The molecule has 112 valence electrons. The zero-order valence-corrected chi connectivity index (χ0v) is 13.3. The number of aromatic amines is 1. The molecule has 2 rings (SSSR count). The minimum atomic E-state index is -0.0256. The lowest BCUT2D eigenvalue weighted by Crippen LogP contribution is -2.37. The van der Waals surface area contributed by atoms with Crippen molar-refractivity contribution in [3.05, 3.63) is 45.7 Å². The topological polar surface area (TPSA) is 56.9 Å². The molecule has 21 heavy (non-hydrogen) atoms. The van der Waals surface area contributed by atoms with Gasteiger partial charge in [0.15, 0.2) is 5.11 Å². The van der Waals surface area contributed by atoms with Gasteiger partial charge in [0.2, 0.25) is 0 Å². The lowest BCUT2D eigenvalue weighted by molar-refractivity contribution is 0.788. The Bertz CT molecular complexity index is 693. The van der Waals surface area contributed by atoms with Crippen molar-refractivity contribution in [2.75, 3.05) is 13.1 Å². The standard InChI is InChI=1S/C16H21N3OS/c1-3-7-17-16(21)18-8-6-13-10-12-5-4-11(2)9-14(12)19-15(13)20/h4-5,9-10H,3,6-8H2,1-2H3,(H,19,20)(H2,17,18,21). The summed E-state index contributed by atoms with van der Waals surface area (Å²) in [5.74, 6) is 0. The summed E-state index contributed by atoms with van der Waals surface area (Å²) in [6.45, 7) is 5.61. The molecule has 4 nitrogen and oxygen atoms in total. The third-order valence-electron chi connectivity index (χ3n) is 3.29. The lowest BCUT2D eigenvalue weighted by Gasteiger charge is -2.09. The van der Waals surface area contributed by atoms with Crippen LogP contribution < -0.4 is 16.2 Å². The number of hydrogen-bond donors (Lipinski definition) is 3. The number of pyridine rings is 1. The average molecular weight is 303 g/mol. The predicted octanol–water partition coefficient (Wildman–Crippen LogP) is 2.25. The van der Waals surface area contributed by atoms with Crippen LogP contribution in [0.2, 0.25) is 0 Å². The third kappa shape index (κ3) is 4.29. The molecule has 0 aliphatic rings. The SMILES string of the molecule is CCCNC(=S)NCCc1cc2ccc(C)cc2[nH]c1=O. The summed E-state index contributed by atoms with van der Waals surface area (Å²) >= 11 is 5.15. The smallest absolute Gasteiger partial charge is 0.251 e. The van der Waals surface area contributed by atoms with Crippen molar-refractivity contribution in [3.63, 3.8) is 0 Å². The summed E-state index contributed by atoms with van der Waals surface area (Å²) in [6.07, 6.45) is 1.68. The van der Waals surface area contributed by atoms with Crippen molar-refractivity contribution < 1.29 is 0 Å². The van der Waals surface area contributed by atoms with Gasteiger partial charge >= 0.3 is 0 Å². The van der Waals surface area contributed by atoms with Crippen LogP contribution in [0, 0.1) is 6.92 Å². The Balaban J connectivity index is 2.02. The van der Waals surface area contributed by atoms with Crippen LogP contribution in [0.3, 0.4) is 0 Å². The van der Waals surface area contributed by atoms with Crippen LogP contribution in [0.25, 0.3) is 10.9 Å². The van der Waals surface area contributed by atoms with Gasteiger partial charge in [0, 0.05) is 24.2 Å². The lowest BCUT2D eigenvalue weighted by atomic mass is 10.1. The quantitative estimate of drug-likeness (QED) is 0.742. The third-order valence-corrected chi connectivity index (χ3v) is 3.58. The number of thiocarbonyl (C=S) groups is 1. The molecule has 0 saturated heterocycles. The van der Waals surface area contributed by atoms with Crippen LogP contribution in [0.15, 0.2) is 29.1 Å². The number of H-pyrrole nitrogens is 1. The number of nitrogens with one attached hydrogen (secondary N) is 3. The molecule has 0 aliphatic carbocycles. The second kappa shape index (κ2) is 7.22. The Labute approximate surface area is 130 Å². The number of aromatic nitrogens is 1. The first-order valence-corrected chi connectivity index (χ1v) is 7.65. The van der Waals surface area contributed by atoms with Crippen LogP contribution >= 0.6 is 12.2 Å². The van der Waals surface area contributed by atoms with Crippen LogP contribution in [-0.4, -0.2) is 23.2 Å². The first-order valence-electron chi connectivity index (χ1n) is 7.24. The van der Waals surface area contributed by atoms with E-state index in [0.717, 1.165) is 35.0 Å². The number of hydrogen-bond acceptors (Lipinski definition) is 2. The van der Waals surface area contributed by atoms with Crippen molar-refractivity contribution in [3.8, 4) is 0 Å². The van der Waals surface area contributed by atoms with Crippen LogP contribution in [-0.2, 0) is 6.42 Å². The summed E-state index contributed by atoms with van der Waals surface area (Å²) in [7, 11) is 0. The van der Waals surface area contributed by atoms with E-state index < -0.39 is 0 Å². The highest BCUT2D eigenvalue weighted by Gasteiger charge is 2.03. The Kier molecular flexibility index (Phi) is 5.33. The highest BCUT2D eigenvalue weighted by molar-refractivity contribution is 7.80. The maximum atomic E-state index is 12.1. The van der Waals surface area contributed by atoms with Gasteiger partial charge in [-0.15, -0.1) is 0 Å². The predicted molar refractivity (Wildman–Crippen MR) is 91.9 cm³/mol. The van der Waals surface area contributed by atoms with E-state index in [1.165, 1.54) is 0 Å². The van der Waals surface area contributed by atoms with E-state index in [9.17, 15) is 4.79 Å². The van der Waals surface area contributed by atoms with Gasteiger partial charge in [-0.05, 0) is 55.1 Å². The molecular weight excluding hydrogens is 282 g/mol. The van der Waals surface area contributed by atoms with E-state index in [0.29, 0.717) is 18.1 Å². The minimum Gasteiger partial charge on any atom is -0.363 e. The largest absolute Gasteiger partial charge is 0.363 e. The van der Waals surface area contributed by atoms with E-state index in [-0.39, 0.29) is 5.56 Å². The molecule has 0 saturated carbocycles. The normalized spacial score (nSPS) is 10.6. The van der Waals surface area contributed by atoms with Crippen LogP contribution in [0.1, 0.15) is 24.5 Å². The van der Waals surface area contributed by atoms with Crippen LogP contribution in [0.4, 0.5) is 0 Å². The fraction of sp³-hybridized carbons (Fsp3) is 0.375. The van der Waals surface area contributed by atoms with Crippen molar-refractivity contribution >= 4 is 28.2 Å². The average Bonchev–Trinajstić information content (AvgIpc) is 2.45. The zero-order valence-electron chi connectivity index (χ0n) is 12.5. The fourth-order valence-electron chi connectivity index (χ4n) is 2.16. The molecule has 0 fully saturated rings. The first-order chi connectivity index (χ1) is 10.1. The summed E-state index contributed by atoms with van der Waals surface area (Å²) in [4.78, 5) is 15.0. The van der Waals surface area contributed by atoms with Crippen molar-refractivity contribution in [2.45, 2.75) is 26.7 Å². The molecule has 0 unspecified atom stereocenters. The fourth-order valence-corrected chi connectivity index (χ4v) is 2.36. The highest BCUT2D eigenvalue weighted by Crippen LogP contribution is 2.13. The van der Waals surface area contributed by atoms with Crippen molar-refractivity contribution in [1.82, 2.24) is 15.6 Å². The van der Waals surface area contributed by atoms with Gasteiger partial charge in [-0.3, -0.25) is 4.79 Å². The zero-order chi connectivity index (χ0) is 15.2. The molecule has 3 N–H and O–H groups in total. The van der Waals surface area contributed by atoms with Crippen molar-refractivity contribution in [1.29, 1.82) is 0 Å². The minimum absolute atomic E-state index is 0.0256. The first kappa shape index (κ1) is 15.5. The Morgan fingerprint density at radius 2 is 2.00 bits per heavy atom. The Morgan fingerprint density at radius 3 is 2.76 bits per heavy atom. The van der Waals surface area contributed by atoms with E-state index in [4.69, 9.17) is 12.2 Å². The second-order valence-corrected chi connectivity index (χ2v) is 5.56. The highest BCUT2D eigenvalue weighted by atomic mass is 32.1. The van der Waals surface area contributed by atoms with Crippen molar-refractivity contribution in [2.24, 2.45) is 0 Å². The van der Waals surface area contributed by atoms with E-state index in [2.05, 4.69) is 22.5 Å². The molecule has 0 bridgehead atoms. The molecule has 5 heteroatoms. The van der Waals surface area contributed by atoms with Crippen LogP contribution in [0.5, 0.6) is 0 Å². The summed E-state index contributed by atoms with van der Waals surface area (Å²) in [5, 5.41) is 7.92. The number of aryl methyl sites for hydroxylation is 1. The maximum Gasteiger partial charge on any atom is 0.251 e. The molecule has 0 amide bonds. The van der Waals surface area contributed by atoms with Gasteiger partial charge in [0.25, 0.3) is 5.56 Å². The molecule has 1 aromatic heterocycles. The Morgan fingerprint density at radius 1 is 1.24 bits per heavy atom. The summed E-state index contributed by atoms with van der Waals surface area (Å²) < 4.78 is 0.